The van der Waals surface area contributed by atoms with Crippen LogP contribution in [-0.2, 0) is 4.74 Å². The number of aliphatic hydroxyl groups excluding tert-OH is 1. The lowest BCUT2D eigenvalue weighted by atomic mass is 10.4. The average molecular weight is 210 g/mol. The molecule has 2 rings (SSSR count). The lowest BCUT2D eigenvalue weighted by Crippen LogP contribution is -2.37. The van der Waals surface area contributed by atoms with Gasteiger partial charge in [0.1, 0.15) is 12.4 Å². The Bertz CT molecular complexity index is 326. The summed E-state index contributed by atoms with van der Waals surface area (Å²) in [7, 11) is 0. The zero-order valence-electron chi connectivity index (χ0n) is 8.63. The summed E-state index contributed by atoms with van der Waals surface area (Å²) < 4.78 is 5.24. The molecule has 6 nitrogen and oxygen atoms in total. The van der Waals surface area contributed by atoms with Gasteiger partial charge in [-0.1, -0.05) is 0 Å². The van der Waals surface area contributed by atoms with Crippen molar-refractivity contribution in [2.75, 3.05) is 31.2 Å². The van der Waals surface area contributed by atoms with E-state index in [2.05, 4.69) is 15.0 Å². The van der Waals surface area contributed by atoms with Crippen LogP contribution in [0.2, 0.25) is 0 Å². The van der Waals surface area contributed by atoms with Gasteiger partial charge in [-0.3, -0.25) is 0 Å². The van der Waals surface area contributed by atoms with Gasteiger partial charge in [0, 0.05) is 13.1 Å². The molecular weight excluding hydrogens is 196 g/mol. The monoisotopic (exact) mass is 210 g/mol. The van der Waals surface area contributed by atoms with Crippen LogP contribution >= 0.6 is 0 Å². The molecule has 1 aromatic rings. The standard InChI is InChI=1S/C9H14N4O2/c1-7(14)8-10-6-11-9(12-8)13-2-4-15-5-3-13/h6-7,14H,2-5H2,1H3. The van der Waals surface area contributed by atoms with Gasteiger partial charge in [-0.05, 0) is 6.92 Å². The van der Waals surface area contributed by atoms with E-state index in [0.29, 0.717) is 25.0 Å². The van der Waals surface area contributed by atoms with Crippen LogP contribution in [-0.4, -0.2) is 46.4 Å². The van der Waals surface area contributed by atoms with Crippen LogP contribution in [0, 0.1) is 0 Å². The fourth-order valence-electron chi connectivity index (χ4n) is 1.42. The summed E-state index contributed by atoms with van der Waals surface area (Å²) >= 11 is 0. The van der Waals surface area contributed by atoms with Crippen molar-refractivity contribution in [3.63, 3.8) is 0 Å². The van der Waals surface area contributed by atoms with E-state index >= 15 is 0 Å². The van der Waals surface area contributed by atoms with Crippen LogP contribution in [0.15, 0.2) is 6.33 Å². The summed E-state index contributed by atoms with van der Waals surface area (Å²) in [5.74, 6) is 1.02. The third kappa shape index (κ3) is 2.40. The number of morpholine rings is 1. The highest BCUT2D eigenvalue weighted by Crippen LogP contribution is 2.11. The Morgan fingerprint density at radius 1 is 1.40 bits per heavy atom. The molecule has 1 N–H and O–H groups in total. The number of anilines is 1. The van der Waals surface area contributed by atoms with Crippen LogP contribution in [0.25, 0.3) is 0 Å². The summed E-state index contributed by atoms with van der Waals surface area (Å²) in [6.45, 7) is 4.58. The first-order valence-electron chi connectivity index (χ1n) is 4.97. The highest BCUT2D eigenvalue weighted by Gasteiger charge is 2.15. The molecule has 0 radical (unpaired) electrons. The molecule has 1 unspecified atom stereocenters. The number of aromatic nitrogens is 3. The Hall–Kier alpha value is -1.27. The fourth-order valence-corrected chi connectivity index (χ4v) is 1.42. The van der Waals surface area contributed by atoms with Crippen LogP contribution in [0.3, 0.4) is 0 Å². The molecule has 1 saturated heterocycles. The van der Waals surface area contributed by atoms with Gasteiger partial charge in [-0.15, -0.1) is 0 Å². The van der Waals surface area contributed by atoms with E-state index in [1.54, 1.807) is 6.92 Å². The van der Waals surface area contributed by atoms with Crippen molar-refractivity contribution in [1.82, 2.24) is 15.0 Å². The molecule has 2 heterocycles. The third-order valence-electron chi connectivity index (χ3n) is 2.25. The number of hydrogen-bond donors (Lipinski definition) is 1. The van der Waals surface area contributed by atoms with Crippen molar-refractivity contribution in [3.05, 3.63) is 12.2 Å². The minimum Gasteiger partial charge on any atom is -0.385 e. The molecule has 1 atom stereocenters. The summed E-state index contributed by atoms with van der Waals surface area (Å²) in [4.78, 5) is 14.2. The van der Waals surface area contributed by atoms with Crippen molar-refractivity contribution in [2.24, 2.45) is 0 Å². The first kappa shape index (κ1) is 10.3. The number of nitrogens with zero attached hydrogens (tertiary/aromatic N) is 4. The average Bonchev–Trinajstić information content (AvgIpc) is 2.30. The van der Waals surface area contributed by atoms with Crippen molar-refractivity contribution in [2.45, 2.75) is 13.0 Å². The van der Waals surface area contributed by atoms with Crippen LogP contribution in [0.4, 0.5) is 5.95 Å². The zero-order chi connectivity index (χ0) is 10.7. The van der Waals surface area contributed by atoms with Gasteiger partial charge < -0.3 is 14.7 Å². The normalized spacial score (nSPS) is 18.9. The van der Waals surface area contributed by atoms with Crippen LogP contribution < -0.4 is 4.90 Å². The Morgan fingerprint density at radius 2 is 2.13 bits per heavy atom. The molecule has 0 aliphatic carbocycles. The van der Waals surface area contributed by atoms with Crippen molar-refractivity contribution in [3.8, 4) is 0 Å². The van der Waals surface area contributed by atoms with Crippen LogP contribution in [0.1, 0.15) is 18.9 Å². The summed E-state index contributed by atoms with van der Waals surface area (Å²) in [5.41, 5.74) is 0. The van der Waals surface area contributed by atoms with Crippen LogP contribution in [0.5, 0.6) is 0 Å². The van der Waals surface area contributed by atoms with E-state index in [1.165, 1.54) is 6.33 Å². The number of ether oxygens (including phenoxy) is 1. The second-order valence-electron chi connectivity index (χ2n) is 3.42. The third-order valence-corrected chi connectivity index (χ3v) is 2.25. The predicted molar refractivity (Wildman–Crippen MR) is 53.5 cm³/mol. The number of rotatable bonds is 2. The summed E-state index contributed by atoms with van der Waals surface area (Å²) in [5, 5.41) is 9.35. The first-order valence-corrected chi connectivity index (χ1v) is 4.97. The molecule has 0 spiro atoms. The van der Waals surface area contributed by atoms with Gasteiger partial charge in [-0.2, -0.15) is 4.98 Å². The quantitative estimate of drug-likeness (QED) is 0.726. The molecule has 15 heavy (non-hydrogen) atoms. The fraction of sp³-hybridized carbons (Fsp3) is 0.667. The van der Waals surface area contributed by atoms with Gasteiger partial charge >= 0.3 is 0 Å². The van der Waals surface area contributed by atoms with Gasteiger partial charge in [0.05, 0.1) is 13.2 Å². The first-order chi connectivity index (χ1) is 7.27. The molecule has 0 saturated carbocycles. The molecule has 0 amide bonds. The van der Waals surface area contributed by atoms with Gasteiger partial charge in [0.15, 0.2) is 5.82 Å². The van der Waals surface area contributed by atoms with Crippen molar-refractivity contribution < 1.29 is 9.84 Å². The topological polar surface area (TPSA) is 71.4 Å². The van der Waals surface area contributed by atoms with Crippen molar-refractivity contribution >= 4 is 5.95 Å². The highest BCUT2D eigenvalue weighted by atomic mass is 16.5. The minimum absolute atomic E-state index is 0.409. The Kier molecular flexibility index (Phi) is 3.08. The molecule has 6 heteroatoms. The summed E-state index contributed by atoms with van der Waals surface area (Å²) in [6.07, 6.45) is 0.771. The molecule has 1 aliphatic heterocycles. The predicted octanol–water partition coefficient (Wildman–Crippen LogP) is -0.239. The largest absolute Gasteiger partial charge is 0.385 e. The SMILES string of the molecule is CC(O)c1ncnc(N2CCOCC2)n1. The lowest BCUT2D eigenvalue weighted by molar-refractivity contribution is 0.122. The molecule has 0 bridgehead atoms. The van der Waals surface area contributed by atoms with E-state index in [4.69, 9.17) is 4.74 Å². The zero-order valence-corrected chi connectivity index (χ0v) is 8.63. The van der Waals surface area contributed by atoms with Gasteiger partial charge in [-0.25, -0.2) is 9.97 Å². The number of aliphatic hydroxyl groups is 1. The van der Waals surface area contributed by atoms with E-state index in [1.807, 2.05) is 4.90 Å². The molecule has 1 fully saturated rings. The highest BCUT2D eigenvalue weighted by molar-refractivity contribution is 5.29. The maximum absolute atomic E-state index is 9.35. The van der Waals surface area contributed by atoms with Crippen molar-refractivity contribution in [1.29, 1.82) is 0 Å². The Labute approximate surface area is 87.9 Å². The lowest BCUT2D eigenvalue weighted by Gasteiger charge is -2.26. The van der Waals surface area contributed by atoms with E-state index < -0.39 is 6.10 Å². The van der Waals surface area contributed by atoms with E-state index in [9.17, 15) is 5.11 Å². The maximum atomic E-state index is 9.35. The molecular formula is C9H14N4O2. The maximum Gasteiger partial charge on any atom is 0.228 e. The summed E-state index contributed by atoms with van der Waals surface area (Å²) in [6, 6.07) is 0. The molecule has 0 aromatic carbocycles. The Morgan fingerprint density at radius 3 is 2.80 bits per heavy atom. The van der Waals surface area contributed by atoms with Gasteiger partial charge in [0.25, 0.3) is 0 Å². The van der Waals surface area contributed by atoms with E-state index in [-0.39, 0.29) is 0 Å². The second-order valence-corrected chi connectivity index (χ2v) is 3.42. The Balaban J connectivity index is 2.16. The minimum atomic E-state index is -0.659. The molecule has 82 valence electrons. The molecule has 1 aromatic heterocycles. The van der Waals surface area contributed by atoms with E-state index in [0.717, 1.165) is 13.1 Å². The second kappa shape index (κ2) is 4.50. The smallest absolute Gasteiger partial charge is 0.228 e. The van der Waals surface area contributed by atoms with Gasteiger partial charge in [0.2, 0.25) is 5.95 Å². The number of hydrogen-bond acceptors (Lipinski definition) is 6. The molecule has 1 aliphatic rings.